The summed E-state index contributed by atoms with van der Waals surface area (Å²) in [6.07, 6.45) is 1.49. The number of carbonyl (C=O) groups is 1. The maximum absolute atomic E-state index is 12.2. The first kappa shape index (κ1) is 13.1. The van der Waals surface area contributed by atoms with Gasteiger partial charge < -0.3 is 9.55 Å². The Morgan fingerprint density at radius 3 is 2.86 bits per heavy atom. The van der Waals surface area contributed by atoms with Gasteiger partial charge in [-0.15, -0.1) is 0 Å². The first-order valence-corrected chi connectivity index (χ1v) is 6.65. The normalized spacial score (nSPS) is 10.7. The van der Waals surface area contributed by atoms with Crippen LogP contribution in [-0.4, -0.2) is 20.4 Å². The van der Waals surface area contributed by atoms with E-state index in [-0.39, 0.29) is 5.56 Å². The molecule has 3 rings (SSSR count). The van der Waals surface area contributed by atoms with Gasteiger partial charge in [-0.1, -0.05) is 12.1 Å². The van der Waals surface area contributed by atoms with E-state index < -0.39 is 11.5 Å². The van der Waals surface area contributed by atoms with Crippen molar-refractivity contribution in [2.75, 3.05) is 5.32 Å². The molecule has 0 bridgehead atoms. The van der Waals surface area contributed by atoms with E-state index in [0.717, 1.165) is 11.0 Å². The number of hydrogen-bond acceptors (Lipinski definition) is 3. The third kappa shape index (κ3) is 2.31. The fraction of sp³-hybridized carbons (Fsp3) is 0.133. The van der Waals surface area contributed by atoms with Crippen LogP contribution in [0.25, 0.3) is 11.0 Å². The molecule has 1 aromatic carbocycles. The number of fused-ring (bicyclic) bond motifs is 1. The smallest absolute Gasteiger partial charge is 0.263 e. The van der Waals surface area contributed by atoms with Crippen molar-refractivity contribution in [2.24, 2.45) is 0 Å². The largest absolute Gasteiger partial charge is 0.328 e. The maximum Gasteiger partial charge on any atom is 0.263 e. The van der Waals surface area contributed by atoms with E-state index in [1.54, 1.807) is 6.07 Å². The van der Waals surface area contributed by atoms with Crippen molar-refractivity contribution < 1.29 is 4.79 Å². The summed E-state index contributed by atoms with van der Waals surface area (Å²) in [6, 6.07) is 10.7. The van der Waals surface area contributed by atoms with Crippen LogP contribution in [0.4, 0.5) is 5.95 Å². The lowest BCUT2D eigenvalue weighted by Crippen LogP contribution is -2.23. The van der Waals surface area contributed by atoms with Gasteiger partial charge in [-0.3, -0.25) is 14.9 Å². The minimum Gasteiger partial charge on any atom is -0.328 e. The average molecular weight is 282 g/mol. The lowest BCUT2D eigenvalue weighted by Gasteiger charge is -2.07. The molecule has 0 fully saturated rings. The molecule has 0 saturated heterocycles. The van der Waals surface area contributed by atoms with E-state index in [4.69, 9.17) is 0 Å². The minimum atomic E-state index is -0.471. The highest BCUT2D eigenvalue weighted by Gasteiger charge is 2.15. The van der Waals surface area contributed by atoms with Crippen molar-refractivity contribution in [3.05, 3.63) is 58.5 Å². The maximum atomic E-state index is 12.2. The van der Waals surface area contributed by atoms with Crippen molar-refractivity contribution in [2.45, 2.75) is 13.5 Å². The molecule has 6 heteroatoms. The number of H-pyrrole nitrogens is 1. The molecule has 106 valence electrons. The molecule has 0 aliphatic carbocycles. The molecule has 0 unspecified atom stereocenters. The number of rotatable bonds is 3. The van der Waals surface area contributed by atoms with Crippen LogP contribution >= 0.6 is 0 Å². The van der Waals surface area contributed by atoms with Crippen molar-refractivity contribution in [1.29, 1.82) is 0 Å². The molecule has 0 aliphatic heterocycles. The van der Waals surface area contributed by atoms with Gasteiger partial charge in [-0.25, -0.2) is 4.98 Å². The summed E-state index contributed by atoms with van der Waals surface area (Å²) in [6.45, 7) is 2.64. The number of aromatic amines is 1. The molecule has 0 aliphatic rings. The van der Waals surface area contributed by atoms with E-state index in [0.29, 0.717) is 12.5 Å². The fourth-order valence-electron chi connectivity index (χ4n) is 2.26. The molecule has 2 heterocycles. The highest BCUT2D eigenvalue weighted by molar-refractivity contribution is 6.03. The molecule has 0 radical (unpaired) electrons. The quantitative estimate of drug-likeness (QED) is 0.771. The van der Waals surface area contributed by atoms with Gasteiger partial charge in [0, 0.05) is 12.7 Å². The number of para-hydroxylation sites is 2. The van der Waals surface area contributed by atoms with Gasteiger partial charge >= 0.3 is 0 Å². The zero-order valence-corrected chi connectivity index (χ0v) is 11.5. The van der Waals surface area contributed by atoms with E-state index in [2.05, 4.69) is 15.3 Å². The van der Waals surface area contributed by atoms with Gasteiger partial charge in [0.1, 0.15) is 5.56 Å². The zero-order chi connectivity index (χ0) is 14.8. The molecule has 0 saturated carbocycles. The van der Waals surface area contributed by atoms with Crippen molar-refractivity contribution in [1.82, 2.24) is 14.5 Å². The Morgan fingerprint density at radius 2 is 2.10 bits per heavy atom. The summed E-state index contributed by atoms with van der Waals surface area (Å²) < 4.78 is 1.89. The van der Waals surface area contributed by atoms with Crippen LogP contribution in [0.1, 0.15) is 17.3 Å². The average Bonchev–Trinajstić information content (AvgIpc) is 2.84. The zero-order valence-electron chi connectivity index (χ0n) is 11.5. The van der Waals surface area contributed by atoms with Crippen molar-refractivity contribution in [3.63, 3.8) is 0 Å². The van der Waals surface area contributed by atoms with E-state index in [1.807, 2.05) is 35.8 Å². The number of anilines is 1. The standard InChI is InChI=1S/C15H14N4O2/c1-2-19-12-8-4-3-7-11(12)17-15(19)18-14(21)10-6-5-9-16-13(10)20/h3-9H,2H2,1H3,(H,16,20)(H,17,18,21). The van der Waals surface area contributed by atoms with Gasteiger partial charge in [0.2, 0.25) is 5.95 Å². The van der Waals surface area contributed by atoms with Gasteiger partial charge in [-0.2, -0.15) is 0 Å². The Hall–Kier alpha value is -2.89. The molecule has 0 atom stereocenters. The lowest BCUT2D eigenvalue weighted by molar-refractivity contribution is 0.102. The Morgan fingerprint density at radius 1 is 1.29 bits per heavy atom. The summed E-state index contributed by atoms with van der Waals surface area (Å²) in [4.78, 5) is 30.7. The lowest BCUT2D eigenvalue weighted by atomic mass is 10.2. The number of carbonyl (C=O) groups excluding carboxylic acids is 1. The second-order valence-corrected chi connectivity index (χ2v) is 4.54. The van der Waals surface area contributed by atoms with Crippen molar-refractivity contribution >= 4 is 22.9 Å². The molecule has 1 amide bonds. The van der Waals surface area contributed by atoms with Crippen LogP contribution < -0.4 is 10.9 Å². The molecule has 21 heavy (non-hydrogen) atoms. The monoisotopic (exact) mass is 282 g/mol. The second kappa shape index (κ2) is 5.24. The van der Waals surface area contributed by atoms with Crippen LogP contribution in [0.3, 0.4) is 0 Å². The number of pyridine rings is 1. The number of hydrogen-bond donors (Lipinski definition) is 2. The number of aryl methyl sites for hydroxylation is 1. The van der Waals surface area contributed by atoms with Crippen LogP contribution in [-0.2, 0) is 6.54 Å². The Balaban J connectivity index is 2.00. The van der Waals surface area contributed by atoms with Gasteiger partial charge in [0.25, 0.3) is 11.5 Å². The van der Waals surface area contributed by atoms with Crippen LogP contribution in [0.5, 0.6) is 0 Å². The topological polar surface area (TPSA) is 79.8 Å². The van der Waals surface area contributed by atoms with Crippen molar-refractivity contribution in [3.8, 4) is 0 Å². The molecular weight excluding hydrogens is 268 g/mol. The first-order valence-electron chi connectivity index (χ1n) is 6.65. The molecule has 2 aromatic heterocycles. The van der Waals surface area contributed by atoms with Crippen LogP contribution in [0.2, 0.25) is 0 Å². The van der Waals surface area contributed by atoms with Gasteiger partial charge in [-0.05, 0) is 31.2 Å². The Labute approximate surface area is 120 Å². The third-order valence-corrected chi connectivity index (χ3v) is 3.26. The third-order valence-electron chi connectivity index (χ3n) is 3.26. The van der Waals surface area contributed by atoms with E-state index in [9.17, 15) is 9.59 Å². The number of imidazole rings is 1. The fourth-order valence-corrected chi connectivity index (χ4v) is 2.26. The molecule has 2 N–H and O–H groups in total. The number of nitrogens with one attached hydrogen (secondary N) is 2. The van der Waals surface area contributed by atoms with Crippen LogP contribution in [0.15, 0.2) is 47.4 Å². The molecule has 0 spiro atoms. The van der Waals surface area contributed by atoms with Gasteiger partial charge in [0.05, 0.1) is 11.0 Å². The predicted octanol–water partition coefficient (Wildman–Crippen LogP) is 2.00. The number of amides is 1. The molecule has 6 nitrogen and oxygen atoms in total. The number of benzene rings is 1. The number of aromatic nitrogens is 3. The molecule has 3 aromatic rings. The summed E-state index contributed by atoms with van der Waals surface area (Å²) in [5, 5.41) is 2.70. The van der Waals surface area contributed by atoms with Gasteiger partial charge in [0.15, 0.2) is 0 Å². The van der Waals surface area contributed by atoms with E-state index >= 15 is 0 Å². The highest BCUT2D eigenvalue weighted by atomic mass is 16.2. The second-order valence-electron chi connectivity index (χ2n) is 4.54. The number of nitrogens with zero attached hydrogens (tertiary/aromatic N) is 2. The first-order chi connectivity index (χ1) is 10.2. The SMILES string of the molecule is CCn1c(NC(=O)c2ccc[nH]c2=O)nc2ccccc21. The highest BCUT2D eigenvalue weighted by Crippen LogP contribution is 2.19. The summed E-state index contributed by atoms with van der Waals surface area (Å²) in [7, 11) is 0. The van der Waals surface area contributed by atoms with E-state index in [1.165, 1.54) is 12.3 Å². The van der Waals surface area contributed by atoms with Crippen LogP contribution in [0, 0.1) is 0 Å². The molecular formula is C15H14N4O2. The predicted molar refractivity (Wildman–Crippen MR) is 80.4 cm³/mol. The Kier molecular flexibility index (Phi) is 3.27. The minimum absolute atomic E-state index is 0.0622. The Bertz CT molecular complexity index is 863. The summed E-state index contributed by atoms with van der Waals surface area (Å²) >= 11 is 0. The summed E-state index contributed by atoms with van der Waals surface area (Å²) in [5.41, 5.74) is 1.38. The summed E-state index contributed by atoms with van der Waals surface area (Å²) in [5.74, 6) is -0.0335.